The third-order valence-corrected chi connectivity index (χ3v) is 5.31. The Labute approximate surface area is 130 Å². The van der Waals surface area contributed by atoms with Crippen LogP contribution in [0.4, 0.5) is 0 Å². The highest BCUT2D eigenvalue weighted by Crippen LogP contribution is 2.36. The van der Waals surface area contributed by atoms with Crippen LogP contribution in [0.2, 0.25) is 0 Å². The summed E-state index contributed by atoms with van der Waals surface area (Å²) < 4.78 is 0.973. The minimum atomic E-state index is 0.247. The van der Waals surface area contributed by atoms with Gasteiger partial charge in [0, 0.05) is 29.5 Å². The Bertz CT molecular complexity index is 468. The zero-order valence-corrected chi connectivity index (χ0v) is 14.1. The molecule has 0 saturated carbocycles. The summed E-state index contributed by atoms with van der Waals surface area (Å²) in [7, 11) is 0. The van der Waals surface area contributed by atoms with Gasteiger partial charge in [-0.1, -0.05) is 41.9 Å². The topological polar surface area (TPSA) is 20.3 Å². The lowest BCUT2D eigenvalue weighted by Gasteiger charge is -2.26. The van der Waals surface area contributed by atoms with Crippen molar-refractivity contribution in [2.45, 2.75) is 39.5 Å². The molecule has 0 aliphatic carbocycles. The van der Waals surface area contributed by atoms with Crippen molar-refractivity contribution >= 4 is 21.7 Å². The quantitative estimate of drug-likeness (QED) is 0.710. The summed E-state index contributed by atoms with van der Waals surface area (Å²) in [5.41, 5.74) is 1.31. The van der Waals surface area contributed by atoms with E-state index in [1.807, 2.05) is 24.3 Å². The minimum Gasteiger partial charge on any atom is -0.302 e. The molecule has 1 heterocycles. The number of rotatable bonds is 6. The van der Waals surface area contributed by atoms with Crippen LogP contribution >= 0.6 is 15.9 Å². The van der Waals surface area contributed by atoms with E-state index in [1.165, 1.54) is 19.3 Å². The second kappa shape index (κ2) is 6.86. The van der Waals surface area contributed by atoms with Crippen LogP contribution in [0.25, 0.3) is 0 Å². The molecule has 0 radical (unpaired) electrons. The number of likely N-dealkylation sites (tertiary alicyclic amines) is 1. The molecule has 1 fully saturated rings. The van der Waals surface area contributed by atoms with E-state index in [4.69, 9.17) is 0 Å². The van der Waals surface area contributed by atoms with E-state index in [-0.39, 0.29) is 5.78 Å². The Morgan fingerprint density at radius 2 is 2.10 bits per heavy atom. The number of halogens is 1. The van der Waals surface area contributed by atoms with Gasteiger partial charge < -0.3 is 4.90 Å². The van der Waals surface area contributed by atoms with Crippen molar-refractivity contribution in [2.24, 2.45) is 5.41 Å². The summed E-state index contributed by atoms with van der Waals surface area (Å²) in [6.07, 6.45) is 4.41. The van der Waals surface area contributed by atoms with Gasteiger partial charge in [0.15, 0.2) is 5.78 Å². The number of Topliss-reactive ketones (excluding diaryl/α,β-unsaturated/α-hetero) is 1. The molecule has 0 aromatic heterocycles. The van der Waals surface area contributed by atoms with Crippen LogP contribution < -0.4 is 0 Å². The monoisotopic (exact) mass is 337 g/mol. The molecule has 1 aliphatic rings. The largest absolute Gasteiger partial charge is 0.302 e. The number of carbonyl (C=O) groups excluding carboxylic acids is 1. The highest BCUT2D eigenvalue weighted by Gasteiger charge is 2.34. The van der Waals surface area contributed by atoms with Crippen LogP contribution in [0.5, 0.6) is 0 Å². The van der Waals surface area contributed by atoms with Crippen molar-refractivity contribution in [3.05, 3.63) is 34.3 Å². The fraction of sp³-hybridized carbons (Fsp3) is 0.588. The number of hydrogen-bond donors (Lipinski definition) is 0. The lowest BCUT2D eigenvalue weighted by molar-refractivity contribution is 0.0965. The Kier molecular flexibility index (Phi) is 5.39. The van der Waals surface area contributed by atoms with Gasteiger partial charge in [0.2, 0.25) is 0 Å². The molecule has 0 spiro atoms. The fourth-order valence-corrected chi connectivity index (χ4v) is 3.51. The smallest absolute Gasteiger partial charge is 0.164 e. The molecule has 1 aliphatic heterocycles. The van der Waals surface area contributed by atoms with Gasteiger partial charge in [0.1, 0.15) is 0 Å². The van der Waals surface area contributed by atoms with Gasteiger partial charge >= 0.3 is 0 Å². The van der Waals surface area contributed by atoms with Gasteiger partial charge in [-0.3, -0.25) is 4.79 Å². The van der Waals surface area contributed by atoms with E-state index in [0.717, 1.165) is 29.7 Å². The minimum absolute atomic E-state index is 0.247. The molecule has 0 atom stereocenters. The molecule has 20 heavy (non-hydrogen) atoms. The van der Waals surface area contributed by atoms with Crippen LogP contribution in [0.3, 0.4) is 0 Å². The van der Waals surface area contributed by atoms with Gasteiger partial charge in [-0.05, 0) is 43.4 Å². The van der Waals surface area contributed by atoms with Gasteiger partial charge in [0.25, 0.3) is 0 Å². The first kappa shape index (κ1) is 15.7. The number of benzene rings is 1. The molecule has 2 nitrogen and oxygen atoms in total. The molecule has 110 valence electrons. The second-order valence-electron chi connectivity index (χ2n) is 5.92. The van der Waals surface area contributed by atoms with E-state index in [2.05, 4.69) is 34.7 Å². The van der Waals surface area contributed by atoms with Gasteiger partial charge in [-0.25, -0.2) is 0 Å². The average molecular weight is 338 g/mol. The molecule has 1 aromatic rings. The van der Waals surface area contributed by atoms with E-state index < -0.39 is 0 Å². The molecule has 2 rings (SSSR count). The van der Waals surface area contributed by atoms with Crippen molar-refractivity contribution < 1.29 is 4.79 Å². The predicted octanol–water partition coefficient (Wildman–Crippen LogP) is 4.53. The van der Waals surface area contributed by atoms with Gasteiger partial charge in [-0.2, -0.15) is 0 Å². The molecular weight excluding hydrogens is 314 g/mol. The van der Waals surface area contributed by atoms with E-state index in [1.54, 1.807) is 0 Å². The van der Waals surface area contributed by atoms with Crippen molar-refractivity contribution in [1.82, 2.24) is 4.90 Å². The van der Waals surface area contributed by atoms with Gasteiger partial charge in [0.05, 0.1) is 0 Å². The Hall–Kier alpha value is -0.670. The molecule has 0 unspecified atom stereocenters. The fourth-order valence-electron chi connectivity index (χ4n) is 3.11. The Balaban J connectivity index is 1.86. The summed E-state index contributed by atoms with van der Waals surface area (Å²) >= 11 is 3.42. The summed E-state index contributed by atoms with van der Waals surface area (Å²) in [6, 6.07) is 7.69. The Morgan fingerprint density at radius 1 is 1.35 bits per heavy atom. The summed E-state index contributed by atoms with van der Waals surface area (Å²) in [5, 5.41) is 0. The maximum atomic E-state index is 12.2. The molecule has 0 N–H and O–H groups in total. The van der Waals surface area contributed by atoms with Crippen LogP contribution in [0, 0.1) is 5.41 Å². The van der Waals surface area contributed by atoms with Crippen LogP contribution in [-0.2, 0) is 0 Å². The molecule has 0 bridgehead atoms. The van der Waals surface area contributed by atoms with Crippen molar-refractivity contribution in [1.29, 1.82) is 0 Å². The van der Waals surface area contributed by atoms with E-state index in [9.17, 15) is 4.79 Å². The zero-order chi connectivity index (χ0) is 14.6. The summed E-state index contributed by atoms with van der Waals surface area (Å²) in [6.45, 7) is 7.78. The first-order valence-electron chi connectivity index (χ1n) is 7.60. The highest BCUT2D eigenvalue weighted by atomic mass is 79.9. The first-order chi connectivity index (χ1) is 9.58. The molecule has 3 heteroatoms. The van der Waals surface area contributed by atoms with Gasteiger partial charge in [-0.15, -0.1) is 0 Å². The first-order valence-corrected chi connectivity index (χ1v) is 8.39. The Morgan fingerprint density at radius 3 is 2.70 bits per heavy atom. The summed E-state index contributed by atoms with van der Waals surface area (Å²) in [4.78, 5) is 14.7. The molecular formula is C17H24BrNO. The van der Waals surface area contributed by atoms with Crippen LogP contribution in [0.1, 0.15) is 49.9 Å². The van der Waals surface area contributed by atoms with Crippen LogP contribution in [-0.4, -0.2) is 30.3 Å². The van der Waals surface area contributed by atoms with Crippen molar-refractivity contribution in [3.63, 3.8) is 0 Å². The lowest BCUT2D eigenvalue weighted by Crippen LogP contribution is -2.28. The third kappa shape index (κ3) is 3.70. The highest BCUT2D eigenvalue weighted by molar-refractivity contribution is 9.10. The van der Waals surface area contributed by atoms with Crippen molar-refractivity contribution in [2.75, 3.05) is 19.6 Å². The van der Waals surface area contributed by atoms with Crippen LogP contribution in [0.15, 0.2) is 28.7 Å². The molecule has 1 saturated heterocycles. The normalized spacial score (nSPS) is 18.4. The standard InChI is InChI=1S/C17H24BrNO/c1-3-17(4-2)9-11-19(13-17)10-8-16(20)14-6-5-7-15(18)12-14/h5-7,12H,3-4,8-11,13H2,1-2H3. The number of ketones is 1. The lowest BCUT2D eigenvalue weighted by atomic mass is 9.82. The summed E-state index contributed by atoms with van der Waals surface area (Å²) in [5.74, 6) is 0.247. The SMILES string of the molecule is CCC1(CC)CCN(CCC(=O)c2cccc(Br)c2)C1. The second-order valence-corrected chi connectivity index (χ2v) is 6.83. The molecule has 1 aromatic carbocycles. The third-order valence-electron chi connectivity index (χ3n) is 4.82. The predicted molar refractivity (Wildman–Crippen MR) is 87.2 cm³/mol. The molecule has 0 amide bonds. The van der Waals surface area contributed by atoms with E-state index in [0.29, 0.717) is 11.8 Å². The zero-order valence-electron chi connectivity index (χ0n) is 12.5. The number of nitrogens with zero attached hydrogens (tertiary/aromatic N) is 1. The average Bonchev–Trinajstić information content (AvgIpc) is 2.89. The number of hydrogen-bond acceptors (Lipinski definition) is 2. The number of carbonyl (C=O) groups is 1. The maximum absolute atomic E-state index is 12.2. The van der Waals surface area contributed by atoms with Crippen molar-refractivity contribution in [3.8, 4) is 0 Å². The maximum Gasteiger partial charge on any atom is 0.164 e. The van der Waals surface area contributed by atoms with E-state index >= 15 is 0 Å².